The van der Waals surface area contributed by atoms with Gasteiger partial charge in [-0.15, -0.1) is 0 Å². The molecule has 0 radical (unpaired) electrons. The van der Waals surface area contributed by atoms with Crippen LogP contribution in [0.2, 0.25) is 0 Å². The molecule has 0 aromatic heterocycles. The molecule has 0 aliphatic heterocycles. The molecule has 0 fully saturated rings. The van der Waals surface area contributed by atoms with Crippen LogP contribution in [0, 0.1) is 62.3 Å². The Morgan fingerprint density at radius 3 is 0.982 bits per heavy atom. The summed E-state index contributed by atoms with van der Waals surface area (Å²) < 4.78 is 0. The largest absolute Gasteiger partial charge is 0.0776 e. The third kappa shape index (κ3) is 19.0. The molecule has 5 rings (SSSR count). The summed E-state index contributed by atoms with van der Waals surface area (Å²) in [6.07, 6.45) is 0. The predicted molar refractivity (Wildman–Crippen MR) is 252 cm³/mol. The van der Waals surface area contributed by atoms with Crippen molar-refractivity contribution < 1.29 is 0 Å². The minimum absolute atomic E-state index is 0. The molecule has 55 heavy (non-hydrogen) atoms. The summed E-state index contributed by atoms with van der Waals surface area (Å²) >= 11 is 0. The lowest BCUT2D eigenvalue weighted by Gasteiger charge is -2.14. The van der Waals surface area contributed by atoms with Gasteiger partial charge < -0.3 is 0 Å². The van der Waals surface area contributed by atoms with Crippen LogP contribution in [0.15, 0.2) is 97.1 Å². The molecule has 0 bridgehead atoms. The highest BCUT2D eigenvalue weighted by atomic mass is 14.1. The van der Waals surface area contributed by atoms with E-state index in [1.807, 2.05) is 0 Å². The lowest BCUT2D eigenvalue weighted by atomic mass is 9.92. The van der Waals surface area contributed by atoms with Crippen LogP contribution < -0.4 is 0 Å². The van der Waals surface area contributed by atoms with Gasteiger partial charge in [0, 0.05) is 0 Å². The Morgan fingerprint density at radius 1 is 0.273 bits per heavy atom. The average Bonchev–Trinajstić information content (AvgIpc) is 3.05. The van der Waals surface area contributed by atoms with Crippen molar-refractivity contribution in [1.29, 1.82) is 0 Å². The molecule has 5 aromatic carbocycles. The van der Waals surface area contributed by atoms with Crippen LogP contribution in [0.5, 0.6) is 0 Å². The normalized spacial score (nSPS) is 10.4. The number of hydrogen-bond acceptors (Lipinski definition) is 0. The van der Waals surface area contributed by atoms with Crippen LogP contribution in [0.25, 0.3) is 0 Å². The second kappa shape index (κ2) is 25.3. The molecule has 0 N–H and O–H groups in total. The van der Waals surface area contributed by atoms with Gasteiger partial charge in [-0.25, -0.2) is 0 Å². The van der Waals surface area contributed by atoms with E-state index >= 15 is 0 Å². The number of aryl methyl sites for hydroxylation is 9. The van der Waals surface area contributed by atoms with Crippen LogP contribution in [0.4, 0.5) is 0 Å². The SMILES string of the molecule is C.Cc1cc(C)c(C(C)C)c(C)c1.Cc1cc(C)cc(C(C)C)c1.Cc1ccc(C(C)C)cc1.Cc1cccc(C(C)C)c1.Cc1cccc(C)c1C(C)C. The maximum Gasteiger partial charge on any atom is -0.0214 e. The quantitative estimate of drug-likeness (QED) is 0.168. The highest BCUT2D eigenvalue weighted by molar-refractivity contribution is 5.39. The Labute approximate surface area is 342 Å². The second-order valence-electron chi connectivity index (χ2n) is 17.1. The van der Waals surface area contributed by atoms with Gasteiger partial charge in [0.25, 0.3) is 0 Å². The average molecular weight is 743 g/mol. The summed E-state index contributed by atoms with van der Waals surface area (Å²) in [6, 6.07) is 35.1. The van der Waals surface area contributed by atoms with Crippen LogP contribution in [-0.4, -0.2) is 0 Å². The maximum absolute atomic E-state index is 2.27. The fourth-order valence-corrected chi connectivity index (χ4v) is 7.16. The molecule has 0 heteroatoms. The molecule has 0 amide bonds. The molecule has 302 valence electrons. The number of hydrogen-bond donors (Lipinski definition) is 0. The monoisotopic (exact) mass is 743 g/mol. The van der Waals surface area contributed by atoms with Crippen molar-refractivity contribution in [3.8, 4) is 0 Å². The second-order valence-corrected chi connectivity index (χ2v) is 17.1. The highest BCUT2D eigenvalue weighted by Gasteiger charge is 2.07. The third-order valence-electron chi connectivity index (χ3n) is 9.80. The van der Waals surface area contributed by atoms with Crippen molar-refractivity contribution in [3.05, 3.63) is 175 Å². The summed E-state index contributed by atoms with van der Waals surface area (Å²) in [7, 11) is 0. The Balaban J connectivity index is 0.000000661. The van der Waals surface area contributed by atoms with E-state index in [-0.39, 0.29) is 7.43 Å². The first-order valence-electron chi connectivity index (χ1n) is 20.5. The highest BCUT2D eigenvalue weighted by Crippen LogP contribution is 2.25. The van der Waals surface area contributed by atoms with Crippen LogP contribution in [0.3, 0.4) is 0 Å². The van der Waals surface area contributed by atoms with E-state index in [1.54, 1.807) is 0 Å². The summed E-state index contributed by atoms with van der Waals surface area (Å²) in [4.78, 5) is 0. The fourth-order valence-electron chi connectivity index (χ4n) is 7.16. The first-order valence-corrected chi connectivity index (χ1v) is 20.5. The van der Waals surface area contributed by atoms with Gasteiger partial charge in [-0.3, -0.25) is 0 Å². The zero-order valence-corrected chi connectivity index (χ0v) is 38.1. The van der Waals surface area contributed by atoms with E-state index in [0.29, 0.717) is 29.6 Å². The summed E-state index contributed by atoms with van der Waals surface area (Å²) in [5.41, 5.74) is 19.8. The van der Waals surface area contributed by atoms with Crippen LogP contribution >= 0.6 is 0 Å². The molecule has 0 saturated carbocycles. The standard InChI is InChI=1S/C12H18.2C11H16.2C10H14.CH4/c1-8(2)12-10(4)6-9(3)7-11(12)5;1-8(2)11-6-9(3)5-10(4)7-11;1-8(2)11-9(3)6-5-7-10(11)4;1-8(2)10-6-4-9(3)5-7-10;1-8(2)10-6-4-5-9(3)7-10;/h6-8H,1-5H3;2*5-8H,1-4H3;2*4-8H,1-3H3;1H4. The molecule has 0 heterocycles. The molecule has 0 saturated heterocycles. The Kier molecular flexibility index (Phi) is 23.5. The minimum atomic E-state index is 0. The third-order valence-corrected chi connectivity index (χ3v) is 9.80. The fraction of sp³-hybridized carbons (Fsp3) is 0.455. The van der Waals surface area contributed by atoms with E-state index in [1.165, 1.54) is 77.9 Å². The summed E-state index contributed by atoms with van der Waals surface area (Å²) in [6.45, 7) is 41.8. The van der Waals surface area contributed by atoms with Crippen molar-refractivity contribution in [3.63, 3.8) is 0 Å². The Bertz CT molecular complexity index is 1740. The van der Waals surface area contributed by atoms with Gasteiger partial charge >= 0.3 is 0 Å². The van der Waals surface area contributed by atoms with Gasteiger partial charge in [-0.2, -0.15) is 0 Å². The van der Waals surface area contributed by atoms with Gasteiger partial charge in [-0.05, 0) is 142 Å². The predicted octanol–water partition coefficient (Wildman–Crippen LogP) is 17.5. The summed E-state index contributed by atoms with van der Waals surface area (Å²) in [5.74, 6) is 3.25. The van der Waals surface area contributed by atoms with Crippen molar-refractivity contribution in [2.24, 2.45) is 0 Å². The van der Waals surface area contributed by atoms with Crippen molar-refractivity contribution in [2.75, 3.05) is 0 Å². The van der Waals surface area contributed by atoms with Crippen molar-refractivity contribution in [1.82, 2.24) is 0 Å². The van der Waals surface area contributed by atoms with E-state index in [0.717, 1.165) is 0 Å². The molecule has 0 aliphatic rings. The first kappa shape index (κ1) is 51.1. The Hall–Kier alpha value is -3.90. The molecular formula is C55H82. The van der Waals surface area contributed by atoms with Crippen molar-refractivity contribution in [2.45, 2.75) is 169 Å². The van der Waals surface area contributed by atoms with Gasteiger partial charge in [0.2, 0.25) is 0 Å². The zero-order valence-electron chi connectivity index (χ0n) is 38.1. The lowest BCUT2D eigenvalue weighted by molar-refractivity contribution is 0.845. The van der Waals surface area contributed by atoms with Crippen LogP contribution in [0.1, 0.15) is 184 Å². The first-order chi connectivity index (χ1) is 25.1. The van der Waals surface area contributed by atoms with E-state index in [9.17, 15) is 0 Å². The number of benzene rings is 5. The Morgan fingerprint density at radius 2 is 0.636 bits per heavy atom. The molecular weight excluding hydrogens is 661 g/mol. The molecule has 0 aliphatic carbocycles. The van der Waals surface area contributed by atoms with Gasteiger partial charge in [-0.1, -0.05) is 202 Å². The molecule has 0 spiro atoms. The van der Waals surface area contributed by atoms with E-state index < -0.39 is 0 Å². The van der Waals surface area contributed by atoms with Crippen molar-refractivity contribution >= 4 is 0 Å². The topological polar surface area (TPSA) is 0 Å². The van der Waals surface area contributed by atoms with Gasteiger partial charge in [0.1, 0.15) is 0 Å². The van der Waals surface area contributed by atoms with E-state index in [4.69, 9.17) is 0 Å². The van der Waals surface area contributed by atoms with Gasteiger partial charge in [0.15, 0.2) is 0 Å². The molecule has 0 nitrogen and oxygen atoms in total. The van der Waals surface area contributed by atoms with Gasteiger partial charge in [0.05, 0.1) is 0 Å². The zero-order chi connectivity index (χ0) is 41.3. The summed E-state index contributed by atoms with van der Waals surface area (Å²) in [5, 5.41) is 0. The molecule has 0 atom stereocenters. The van der Waals surface area contributed by atoms with E-state index in [2.05, 4.69) is 229 Å². The van der Waals surface area contributed by atoms with Crippen LogP contribution in [-0.2, 0) is 0 Å². The lowest BCUT2D eigenvalue weighted by Crippen LogP contribution is -1.96. The maximum atomic E-state index is 2.27. The molecule has 0 unspecified atom stereocenters. The molecule has 5 aromatic rings. The smallest absolute Gasteiger partial charge is 0.0214 e. The minimum Gasteiger partial charge on any atom is -0.0776 e. The number of rotatable bonds is 5.